The molecule has 1 fully saturated rings. The molecule has 23 heavy (non-hydrogen) atoms. The topological polar surface area (TPSA) is 63.4 Å². The van der Waals surface area contributed by atoms with Crippen LogP contribution in [0.2, 0.25) is 0 Å². The van der Waals surface area contributed by atoms with Gasteiger partial charge in [0.15, 0.2) is 0 Å². The van der Waals surface area contributed by atoms with Gasteiger partial charge in [0.25, 0.3) is 0 Å². The molecule has 0 aliphatic carbocycles. The summed E-state index contributed by atoms with van der Waals surface area (Å²) in [6, 6.07) is 5.13. The average Bonchev–Trinajstić information content (AvgIpc) is 3.09. The number of benzene rings is 1. The van der Waals surface area contributed by atoms with Gasteiger partial charge in [-0.1, -0.05) is 11.2 Å². The van der Waals surface area contributed by atoms with Gasteiger partial charge < -0.3 is 4.52 Å². The van der Waals surface area contributed by atoms with E-state index in [4.69, 9.17) is 4.52 Å². The van der Waals surface area contributed by atoms with Crippen molar-refractivity contribution < 1.29 is 12.9 Å². The zero-order valence-corrected chi connectivity index (χ0v) is 14.8. The molecule has 0 spiro atoms. The van der Waals surface area contributed by atoms with Gasteiger partial charge in [0.1, 0.15) is 5.76 Å². The lowest BCUT2D eigenvalue weighted by Crippen LogP contribution is -2.31. The first-order chi connectivity index (χ1) is 10.8. The van der Waals surface area contributed by atoms with Crippen molar-refractivity contribution in [2.45, 2.75) is 51.5 Å². The minimum atomic E-state index is -3.52. The van der Waals surface area contributed by atoms with Crippen molar-refractivity contribution in [2.24, 2.45) is 0 Å². The second kappa shape index (κ2) is 5.76. The summed E-state index contributed by atoms with van der Waals surface area (Å²) < 4.78 is 33.0. The number of aryl methyl sites for hydroxylation is 4. The summed E-state index contributed by atoms with van der Waals surface area (Å²) in [7, 11) is -3.52. The van der Waals surface area contributed by atoms with Gasteiger partial charge in [-0.3, -0.25) is 0 Å². The molecule has 2 aromatic rings. The predicted octanol–water partition coefficient (Wildman–Crippen LogP) is 3.43. The quantitative estimate of drug-likeness (QED) is 0.862. The van der Waals surface area contributed by atoms with Gasteiger partial charge >= 0.3 is 0 Å². The third-order valence-corrected chi connectivity index (χ3v) is 6.61. The van der Waals surface area contributed by atoms with Crippen LogP contribution >= 0.6 is 0 Å². The highest BCUT2D eigenvalue weighted by Gasteiger charge is 2.38. The van der Waals surface area contributed by atoms with Crippen molar-refractivity contribution in [3.63, 3.8) is 0 Å². The summed E-state index contributed by atoms with van der Waals surface area (Å²) in [6.07, 6.45) is 1.64. The van der Waals surface area contributed by atoms with Crippen LogP contribution in [-0.4, -0.2) is 24.4 Å². The van der Waals surface area contributed by atoms with Gasteiger partial charge in [-0.2, -0.15) is 4.31 Å². The molecule has 3 rings (SSSR count). The summed E-state index contributed by atoms with van der Waals surface area (Å²) in [6.45, 7) is 8.15. The van der Waals surface area contributed by atoms with Crippen LogP contribution < -0.4 is 0 Å². The second-order valence-electron chi connectivity index (χ2n) is 6.26. The standard InChI is InChI=1S/C17H22N2O3S/c1-11-7-8-15(10-12(11)2)23(20,21)19-9-5-6-16(19)17-13(3)18-22-14(17)4/h7-8,10,16H,5-6,9H2,1-4H3. The molecule has 1 aromatic heterocycles. The zero-order chi connectivity index (χ0) is 16.8. The molecule has 0 amide bonds. The highest BCUT2D eigenvalue weighted by atomic mass is 32.2. The molecule has 124 valence electrons. The third-order valence-electron chi connectivity index (χ3n) is 4.71. The van der Waals surface area contributed by atoms with Crippen LogP contribution in [0.4, 0.5) is 0 Å². The van der Waals surface area contributed by atoms with Gasteiger partial charge in [-0.05, 0) is 63.8 Å². The molecule has 0 bridgehead atoms. The number of aromatic nitrogens is 1. The van der Waals surface area contributed by atoms with Gasteiger partial charge in [0.05, 0.1) is 16.6 Å². The van der Waals surface area contributed by atoms with Crippen LogP contribution in [-0.2, 0) is 10.0 Å². The minimum Gasteiger partial charge on any atom is -0.361 e. The molecule has 2 heterocycles. The number of hydrogen-bond donors (Lipinski definition) is 0. The molecule has 1 aliphatic heterocycles. The number of hydrogen-bond acceptors (Lipinski definition) is 4. The molecule has 6 heteroatoms. The summed E-state index contributed by atoms with van der Waals surface area (Å²) >= 11 is 0. The molecule has 0 radical (unpaired) electrons. The fourth-order valence-corrected chi connectivity index (χ4v) is 5.04. The second-order valence-corrected chi connectivity index (χ2v) is 8.15. The number of nitrogens with zero attached hydrogens (tertiary/aromatic N) is 2. The molecule has 1 atom stereocenters. The third kappa shape index (κ3) is 2.70. The maximum Gasteiger partial charge on any atom is 0.243 e. The maximum absolute atomic E-state index is 13.1. The van der Waals surface area contributed by atoms with E-state index in [0.717, 1.165) is 35.2 Å². The van der Waals surface area contributed by atoms with Crippen molar-refractivity contribution >= 4 is 10.0 Å². The fraction of sp³-hybridized carbons (Fsp3) is 0.471. The first kappa shape index (κ1) is 16.2. The van der Waals surface area contributed by atoms with Crippen LogP contribution in [0.25, 0.3) is 0 Å². The molecule has 5 nitrogen and oxygen atoms in total. The highest BCUT2D eigenvalue weighted by Crippen LogP contribution is 2.39. The molecule has 0 saturated carbocycles. The Labute approximate surface area is 137 Å². The van der Waals surface area contributed by atoms with Crippen molar-refractivity contribution in [3.8, 4) is 0 Å². The van der Waals surface area contributed by atoms with E-state index in [9.17, 15) is 8.42 Å². The van der Waals surface area contributed by atoms with Crippen LogP contribution in [0.5, 0.6) is 0 Å². The largest absolute Gasteiger partial charge is 0.361 e. The Bertz CT molecular complexity index is 820. The number of rotatable bonds is 3. The van der Waals surface area contributed by atoms with Gasteiger partial charge in [0.2, 0.25) is 10.0 Å². The van der Waals surface area contributed by atoms with Gasteiger partial charge in [0, 0.05) is 12.1 Å². The zero-order valence-electron chi connectivity index (χ0n) is 14.0. The van der Waals surface area contributed by atoms with Crippen molar-refractivity contribution in [3.05, 3.63) is 46.3 Å². The molecular formula is C17H22N2O3S. The van der Waals surface area contributed by atoms with E-state index in [2.05, 4.69) is 5.16 Å². The Morgan fingerprint density at radius 2 is 1.91 bits per heavy atom. The Kier molecular flexibility index (Phi) is 4.06. The van der Waals surface area contributed by atoms with Crippen LogP contribution in [0, 0.1) is 27.7 Å². The smallest absolute Gasteiger partial charge is 0.243 e. The lowest BCUT2D eigenvalue weighted by Gasteiger charge is -2.24. The molecule has 1 saturated heterocycles. The Balaban J connectivity index is 2.03. The molecule has 1 aromatic carbocycles. The van der Waals surface area contributed by atoms with E-state index in [1.807, 2.05) is 33.8 Å². The number of sulfonamides is 1. The molecular weight excluding hydrogens is 312 g/mol. The fourth-order valence-electron chi connectivity index (χ4n) is 3.29. The summed E-state index contributed by atoms with van der Waals surface area (Å²) in [5.74, 6) is 0.703. The van der Waals surface area contributed by atoms with E-state index < -0.39 is 10.0 Å². The molecule has 0 N–H and O–H groups in total. The van der Waals surface area contributed by atoms with E-state index in [0.29, 0.717) is 17.2 Å². The predicted molar refractivity (Wildman–Crippen MR) is 87.8 cm³/mol. The lowest BCUT2D eigenvalue weighted by atomic mass is 10.0. The Hall–Kier alpha value is -1.66. The average molecular weight is 334 g/mol. The van der Waals surface area contributed by atoms with Crippen LogP contribution in [0.1, 0.15) is 47.0 Å². The van der Waals surface area contributed by atoms with Gasteiger partial charge in [-0.15, -0.1) is 0 Å². The van der Waals surface area contributed by atoms with E-state index in [1.165, 1.54) is 0 Å². The SMILES string of the molecule is Cc1ccc(S(=O)(=O)N2CCCC2c2c(C)noc2C)cc1C. The van der Waals surface area contributed by atoms with Crippen LogP contribution in [0.15, 0.2) is 27.6 Å². The monoisotopic (exact) mass is 334 g/mol. The molecule has 1 unspecified atom stereocenters. The maximum atomic E-state index is 13.1. The van der Waals surface area contributed by atoms with Gasteiger partial charge in [-0.25, -0.2) is 8.42 Å². The summed E-state index contributed by atoms with van der Waals surface area (Å²) in [5, 5.41) is 3.98. The van der Waals surface area contributed by atoms with E-state index in [1.54, 1.807) is 16.4 Å². The Morgan fingerprint density at radius 1 is 1.17 bits per heavy atom. The van der Waals surface area contributed by atoms with E-state index in [-0.39, 0.29) is 6.04 Å². The first-order valence-corrected chi connectivity index (χ1v) is 9.28. The van der Waals surface area contributed by atoms with Crippen molar-refractivity contribution in [1.82, 2.24) is 9.46 Å². The first-order valence-electron chi connectivity index (χ1n) is 7.84. The Morgan fingerprint density at radius 3 is 2.52 bits per heavy atom. The van der Waals surface area contributed by atoms with Crippen LogP contribution in [0.3, 0.4) is 0 Å². The lowest BCUT2D eigenvalue weighted by molar-refractivity contribution is 0.376. The molecule has 1 aliphatic rings. The minimum absolute atomic E-state index is 0.187. The summed E-state index contributed by atoms with van der Waals surface area (Å²) in [5.41, 5.74) is 3.76. The normalized spacial score (nSPS) is 19.4. The highest BCUT2D eigenvalue weighted by molar-refractivity contribution is 7.89. The van der Waals surface area contributed by atoms with Crippen molar-refractivity contribution in [1.29, 1.82) is 0 Å². The van der Waals surface area contributed by atoms with Crippen molar-refractivity contribution in [2.75, 3.05) is 6.54 Å². The van der Waals surface area contributed by atoms with E-state index >= 15 is 0 Å². The summed E-state index contributed by atoms with van der Waals surface area (Å²) in [4.78, 5) is 0.360.